The summed E-state index contributed by atoms with van der Waals surface area (Å²) in [4.78, 5) is 14.1. The SMILES string of the molecule is CN(Cc1ccc(F)cc1)C(=O)c1ccc(S(=O)(=O)Nc2ccccc2)cc1. The Balaban J connectivity index is 1.70. The first-order valence-electron chi connectivity index (χ1n) is 8.53. The van der Waals surface area contributed by atoms with Gasteiger partial charge in [-0.25, -0.2) is 12.8 Å². The van der Waals surface area contributed by atoms with Gasteiger partial charge in [0.05, 0.1) is 4.90 Å². The van der Waals surface area contributed by atoms with E-state index in [4.69, 9.17) is 0 Å². The molecule has 0 saturated heterocycles. The van der Waals surface area contributed by atoms with Gasteiger partial charge in [0.15, 0.2) is 0 Å². The number of hydrogen-bond acceptors (Lipinski definition) is 3. The van der Waals surface area contributed by atoms with E-state index in [1.54, 1.807) is 49.5 Å². The fraction of sp³-hybridized carbons (Fsp3) is 0.0952. The van der Waals surface area contributed by atoms with Gasteiger partial charge in [-0.15, -0.1) is 0 Å². The van der Waals surface area contributed by atoms with Crippen LogP contribution >= 0.6 is 0 Å². The molecule has 3 aromatic carbocycles. The number of benzene rings is 3. The van der Waals surface area contributed by atoms with Crippen molar-refractivity contribution in [1.82, 2.24) is 4.90 Å². The Hall–Kier alpha value is -3.19. The van der Waals surface area contributed by atoms with E-state index < -0.39 is 10.0 Å². The molecule has 3 aromatic rings. The van der Waals surface area contributed by atoms with E-state index >= 15 is 0 Å². The molecular weight excluding hydrogens is 379 g/mol. The van der Waals surface area contributed by atoms with Crippen LogP contribution in [0.2, 0.25) is 0 Å². The van der Waals surface area contributed by atoms with E-state index in [0.29, 0.717) is 17.8 Å². The monoisotopic (exact) mass is 398 g/mol. The molecule has 0 spiro atoms. The van der Waals surface area contributed by atoms with Crippen LogP contribution in [0.4, 0.5) is 10.1 Å². The maximum absolute atomic E-state index is 13.0. The quantitative estimate of drug-likeness (QED) is 0.685. The van der Waals surface area contributed by atoms with Crippen molar-refractivity contribution in [3.8, 4) is 0 Å². The van der Waals surface area contributed by atoms with Crippen molar-refractivity contribution >= 4 is 21.6 Å². The van der Waals surface area contributed by atoms with Crippen molar-refractivity contribution in [1.29, 1.82) is 0 Å². The van der Waals surface area contributed by atoms with Crippen LogP contribution in [0.1, 0.15) is 15.9 Å². The van der Waals surface area contributed by atoms with E-state index in [-0.39, 0.29) is 16.6 Å². The molecule has 0 heterocycles. The molecule has 0 saturated carbocycles. The fourth-order valence-corrected chi connectivity index (χ4v) is 3.71. The largest absolute Gasteiger partial charge is 0.337 e. The highest BCUT2D eigenvalue weighted by Crippen LogP contribution is 2.17. The van der Waals surface area contributed by atoms with Crippen LogP contribution in [0.3, 0.4) is 0 Å². The van der Waals surface area contributed by atoms with Gasteiger partial charge in [-0.3, -0.25) is 9.52 Å². The van der Waals surface area contributed by atoms with Crippen LogP contribution in [0, 0.1) is 5.82 Å². The van der Waals surface area contributed by atoms with Crippen molar-refractivity contribution in [3.63, 3.8) is 0 Å². The molecule has 0 aliphatic rings. The number of rotatable bonds is 6. The van der Waals surface area contributed by atoms with Gasteiger partial charge < -0.3 is 4.90 Å². The molecule has 1 amide bonds. The lowest BCUT2D eigenvalue weighted by Crippen LogP contribution is -2.26. The molecule has 28 heavy (non-hydrogen) atoms. The lowest BCUT2D eigenvalue weighted by molar-refractivity contribution is 0.0785. The summed E-state index contributed by atoms with van der Waals surface area (Å²) in [6.07, 6.45) is 0. The van der Waals surface area contributed by atoms with Gasteiger partial charge in [-0.1, -0.05) is 30.3 Å². The third-order valence-corrected chi connectivity index (χ3v) is 5.51. The molecule has 1 N–H and O–H groups in total. The normalized spacial score (nSPS) is 11.1. The summed E-state index contributed by atoms with van der Waals surface area (Å²) in [5, 5.41) is 0. The zero-order chi connectivity index (χ0) is 20.1. The Morgan fingerprint density at radius 3 is 2.14 bits per heavy atom. The Bertz CT molecular complexity index is 1050. The van der Waals surface area contributed by atoms with E-state index in [0.717, 1.165) is 5.56 Å². The molecule has 0 atom stereocenters. The van der Waals surface area contributed by atoms with Gasteiger partial charge in [0.25, 0.3) is 15.9 Å². The van der Waals surface area contributed by atoms with Crippen molar-refractivity contribution in [2.45, 2.75) is 11.4 Å². The molecule has 7 heteroatoms. The molecule has 0 radical (unpaired) electrons. The Labute approximate surface area is 163 Å². The first kappa shape index (κ1) is 19.6. The molecule has 0 aliphatic heterocycles. The number of nitrogens with zero attached hydrogens (tertiary/aromatic N) is 1. The number of para-hydroxylation sites is 1. The van der Waals surface area contributed by atoms with Gasteiger partial charge in [0, 0.05) is 24.8 Å². The first-order chi connectivity index (χ1) is 13.3. The van der Waals surface area contributed by atoms with Crippen LogP contribution in [0.25, 0.3) is 0 Å². The van der Waals surface area contributed by atoms with Crippen LogP contribution in [0.15, 0.2) is 83.8 Å². The summed E-state index contributed by atoms with van der Waals surface area (Å²) >= 11 is 0. The maximum atomic E-state index is 13.0. The zero-order valence-electron chi connectivity index (χ0n) is 15.2. The molecule has 0 aliphatic carbocycles. The number of halogens is 1. The average molecular weight is 398 g/mol. The molecular formula is C21H19FN2O3S. The molecule has 0 aromatic heterocycles. The predicted octanol–water partition coefficient (Wildman–Crippen LogP) is 3.90. The number of anilines is 1. The highest BCUT2D eigenvalue weighted by atomic mass is 32.2. The van der Waals surface area contributed by atoms with Crippen molar-refractivity contribution in [2.24, 2.45) is 0 Å². The molecule has 144 valence electrons. The van der Waals surface area contributed by atoms with Gasteiger partial charge in [-0.2, -0.15) is 0 Å². The summed E-state index contributed by atoms with van der Waals surface area (Å²) in [5.41, 5.74) is 1.62. The summed E-state index contributed by atoms with van der Waals surface area (Å²) in [6, 6.07) is 20.2. The van der Waals surface area contributed by atoms with Crippen LogP contribution in [0.5, 0.6) is 0 Å². The van der Waals surface area contributed by atoms with E-state index in [9.17, 15) is 17.6 Å². The minimum absolute atomic E-state index is 0.0640. The molecule has 3 rings (SSSR count). The Kier molecular flexibility index (Phi) is 5.75. The third-order valence-electron chi connectivity index (χ3n) is 4.12. The Morgan fingerprint density at radius 2 is 1.54 bits per heavy atom. The van der Waals surface area contributed by atoms with Gasteiger partial charge >= 0.3 is 0 Å². The van der Waals surface area contributed by atoms with Gasteiger partial charge in [-0.05, 0) is 54.1 Å². The van der Waals surface area contributed by atoms with Crippen LogP contribution < -0.4 is 4.72 Å². The molecule has 0 unspecified atom stereocenters. The minimum atomic E-state index is -3.74. The molecule has 0 bridgehead atoms. The second-order valence-corrected chi connectivity index (χ2v) is 7.97. The van der Waals surface area contributed by atoms with Gasteiger partial charge in [0.2, 0.25) is 0 Å². The van der Waals surface area contributed by atoms with E-state index in [1.807, 2.05) is 0 Å². The number of amides is 1. The second kappa shape index (κ2) is 8.22. The lowest BCUT2D eigenvalue weighted by Gasteiger charge is -2.17. The number of carbonyl (C=O) groups is 1. The summed E-state index contributed by atoms with van der Waals surface area (Å²) in [5.74, 6) is -0.595. The fourth-order valence-electron chi connectivity index (χ4n) is 2.65. The highest BCUT2D eigenvalue weighted by molar-refractivity contribution is 7.92. The van der Waals surface area contributed by atoms with Crippen LogP contribution in [-0.4, -0.2) is 26.3 Å². The van der Waals surface area contributed by atoms with E-state index in [1.165, 1.54) is 41.3 Å². The standard InChI is InChI=1S/C21H19FN2O3S/c1-24(15-16-7-11-18(22)12-8-16)21(25)17-9-13-20(14-10-17)28(26,27)23-19-5-3-2-4-6-19/h2-14,23H,15H2,1H3. The van der Waals surface area contributed by atoms with Crippen molar-refractivity contribution in [3.05, 3.63) is 95.8 Å². The number of sulfonamides is 1. The van der Waals surface area contributed by atoms with Crippen molar-refractivity contribution < 1.29 is 17.6 Å². The average Bonchev–Trinajstić information content (AvgIpc) is 2.69. The van der Waals surface area contributed by atoms with Gasteiger partial charge in [0.1, 0.15) is 5.82 Å². The summed E-state index contributed by atoms with van der Waals surface area (Å²) < 4.78 is 40.4. The lowest BCUT2D eigenvalue weighted by atomic mass is 10.1. The number of hydrogen-bond donors (Lipinski definition) is 1. The predicted molar refractivity (Wildman–Crippen MR) is 106 cm³/mol. The summed E-state index contributed by atoms with van der Waals surface area (Å²) in [6.45, 7) is 0.314. The molecule has 0 fully saturated rings. The third kappa shape index (κ3) is 4.75. The second-order valence-electron chi connectivity index (χ2n) is 6.28. The van der Waals surface area contributed by atoms with Crippen molar-refractivity contribution in [2.75, 3.05) is 11.8 Å². The Morgan fingerprint density at radius 1 is 0.929 bits per heavy atom. The maximum Gasteiger partial charge on any atom is 0.261 e. The van der Waals surface area contributed by atoms with Crippen LogP contribution in [-0.2, 0) is 16.6 Å². The topological polar surface area (TPSA) is 66.5 Å². The van der Waals surface area contributed by atoms with E-state index in [2.05, 4.69) is 4.72 Å². The highest BCUT2D eigenvalue weighted by Gasteiger charge is 2.17. The zero-order valence-corrected chi connectivity index (χ0v) is 16.0. The number of carbonyl (C=O) groups excluding carboxylic acids is 1. The summed E-state index contributed by atoms with van der Waals surface area (Å²) in [7, 11) is -2.11. The minimum Gasteiger partial charge on any atom is -0.337 e. The molecule has 5 nitrogen and oxygen atoms in total. The first-order valence-corrected chi connectivity index (χ1v) is 10.0. The smallest absolute Gasteiger partial charge is 0.261 e. The number of nitrogens with one attached hydrogen (secondary N) is 1.